The van der Waals surface area contributed by atoms with Crippen LogP contribution in [0.1, 0.15) is 18.1 Å². The highest BCUT2D eigenvalue weighted by Gasteiger charge is 2.45. The summed E-state index contributed by atoms with van der Waals surface area (Å²) in [5.74, 6) is -3.17. The molecule has 37 heavy (non-hydrogen) atoms. The Morgan fingerprint density at radius 2 is 1.73 bits per heavy atom. The molecule has 0 aliphatic carbocycles. The van der Waals surface area contributed by atoms with Gasteiger partial charge in [-0.1, -0.05) is 23.7 Å². The van der Waals surface area contributed by atoms with Gasteiger partial charge >= 0.3 is 24.2 Å². The summed E-state index contributed by atoms with van der Waals surface area (Å²) in [6, 6.07) is 8.39. The maximum Gasteiger partial charge on any atom is 0.417 e. The zero-order valence-electron chi connectivity index (χ0n) is 19.5. The second-order valence-corrected chi connectivity index (χ2v) is 8.68. The highest BCUT2D eigenvalue weighted by Crippen LogP contribution is 2.37. The molecule has 0 bridgehead atoms. The number of nitrogens with one attached hydrogen (secondary N) is 1. The van der Waals surface area contributed by atoms with Crippen LogP contribution in [0.25, 0.3) is 0 Å². The smallest absolute Gasteiger partial charge is 0.417 e. The number of rotatable bonds is 6. The summed E-state index contributed by atoms with van der Waals surface area (Å²) in [4.78, 5) is 54.4. The molecule has 0 spiro atoms. The maximum atomic E-state index is 13.4. The Hall–Kier alpha value is -3.80. The molecule has 5 amide bonds. The van der Waals surface area contributed by atoms with Crippen molar-refractivity contribution in [2.45, 2.75) is 19.6 Å². The average Bonchev–Trinajstić information content (AvgIpc) is 3.28. The Morgan fingerprint density at radius 3 is 2.30 bits per heavy atom. The zero-order chi connectivity index (χ0) is 26.9. The van der Waals surface area contributed by atoms with Crippen molar-refractivity contribution in [1.82, 2.24) is 10.2 Å². The molecule has 2 aliphatic heterocycles. The summed E-state index contributed by atoms with van der Waals surface area (Å²) >= 11 is 5.99. The lowest BCUT2D eigenvalue weighted by atomic mass is 10.0. The van der Waals surface area contributed by atoms with Crippen molar-refractivity contribution < 1.29 is 37.1 Å². The van der Waals surface area contributed by atoms with Gasteiger partial charge < -0.3 is 10.1 Å². The van der Waals surface area contributed by atoms with Crippen LogP contribution in [0.3, 0.4) is 0 Å². The molecule has 1 N–H and O–H groups in total. The number of esters is 1. The summed E-state index contributed by atoms with van der Waals surface area (Å²) in [5, 5.41) is 2.04. The van der Waals surface area contributed by atoms with Gasteiger partial charge in [0.1, 0.15) is 0 Å². The number of amides is 5. The number of hydrogen-bond acceptors (Lipinski definition) is 5. The van der Waals surface area contributed by atoms with Crippen molar-refractivity contribution in [1.29, 1.82) is 0 Å². The lowest BCUT2D eigenvalue weighted by Crippen LogP contribution is -2.58. The summed E-state index contributed by atoms with van der Waals surface area (Å²) in [7, 11) is 0. The summed E-state index contributed by atoms with van der Waals surface area (Å²) in [6.07, 6.45) is -4.74. The molecular formula is C24H22ClF3N4O5. The number of imide groups is 1. The molecule has 196 valence electrons. The predicted molar refractivity (Wildman–Crippen MR) is 127 cm³/mol. The van der Waals surface area contributed by atoms with Crippen molar-refractivity contribution in [3.8, 4) is 0 Å². The van der Waals surface area contributed by atoms with E-state index >= 15 is 0 Å². The number of alkyl halides is 3. The molecule has 4 rings (SSSR count). The lowest BCUT2D eigenvalue weighted by Gasteiger charge is -2.37. The standard InChI is InChI=1S/C24H22ClF3N4O5/c1-2-37-21(34)17-13-31(16-8-6-15(7-9-16)30-11-10-29-22(30)35)23(36)32(20(17)33)12-14-4-3-5-18(19(14)25)24(26,27)28/h3-9,17H,2,10-13H2,1H3,(H,29,35). The van der Waals surface area contributed by atoms with Crippen LogP contribution in [0.2, 0.25) is 5.02 Å². The SMILES string of the molecule is CCOC(=O)C1CN(c2ccc(N3CCNC3=O)cc2)C(=O)N(Cc2cccc(C(F)(F)F)c2Cl)C1=O. The van der Waals surface area contributed by atoms with E-state index in [1.54, 1.807) is 31.2 Å². The summed E-state index contributed by atoms with van der Waals surface area (Å²) in [5.41, 5.74) is -0.328. The van der Waals surface area contributed by atoms with Gasteiger partial charge in [-0.15, -0.1) is 0 Å². The van der Waals surface area contributed by atoms with Crippen LogP contribution in [-0.2, 0) is 27.0 Å². The molecule has 9 nitrogen and oxygen atoms in total. The summed E-state index contributed by atoms with van der Waals surface area (Å²) in [6.45, 7) is 1.59. The highest BCUT2D eigenvalue weighted by atomic mass is 35.5. The molecule has 0 aromatic heterocycles. The number of carbonyl (C=O) groups is 4. The molecule has 2 aliphatic rings. The quantitative estimate of drug-likeness (QED) is 0.442. The number of urea groups is 2. The minimum atomic E-state index is -4.74. The molecule has 2 heterocycles. The third-order valence-corrected chi connectivity index (χ3v) is 6.45. The first kappa shape index (κ1) is 26.3. The number of carbonyl (C=O) groups excluding carboxylic acids is 4. The van der Waals surface area contributed by atoms with Gasteiger partial charge in [0, 0.05) is 24.5 Å². The van der Waals surface area contributed by atoms with Crippen LogP contribution in [0.15, 0.2) is 42.5 Å². The van der Waals surface area contributed by atoms with Crippen molar-refractivity contribution >= 4 is 46.9 Å². The fourth-order valence-electron chi connectivity index (χ4n) is 4.17. The minimum absolute atomic E-state index is 0.0113. The van der Waals surface area contributed by atoms with E-state index < -0.39 is 47.1 Å². The monoisotopic (exact) mass is 538 g/mol. The van der Waals surface area contributed by atoms with E-state index in [-0.39, 0.29) is 24.7 Å². The Kier molecular flexibility index (Phi) is 7.30. The van der Waals surface area contributed by atoms with Gasteiger partial charge in [-0.3, -0.25) is 24.3 Å². The molecule has 2 saturated heterocycles. The van der Waals surface area contributed by atoms with Gasteiger partial charge in [0.25, 0.3) is 0 Å². The summed E-state index contributed by atoms with van der Waals surface area (Å²) < 4.78 is 45.0. The van der Waals surface area contributed by atoms with E-state index in [1.807, 2.05) is 0 Å². The van der Waals surface area contributed by atoms with Crippen LogP contribution >= 0.6 is 11.6 Å². The molecule has 0 saturated carbocycles. The third-order valence-electron chi connectivity index (χ3n) is 6.00. The first-order chi connectivity index (χ1) is 17.5. The molecule has 13 heteroatoms. The third kappa shape index (κ3) is 5.19. The maximum absolute atomic E-state index is 13.4. The molecule has 1 unspecified atom stereocenters. The normalized spacial score (nSPS) is 18.4. The van der Waals surface area contributed by atoms with Gasteiger partial charge in [-0.05, 0) is 42.8 Å². The number of benzene rings is 2. The Morgan fingerprint density at radius 1 is 1.08 bits per heavy atom. The molecule has 2 fully saturated rings. The van der Waals surface area contributed by atoms with Crippen LogP contribution in [0, 0.1) is 5.92 Å². The Bertz CT molecular complexity index is 1240. The van der Waals surface area contributed by atoms with Crippen LogP contribution in [0.4, 0.5) is 34.1 Å². The second-order valence-electron chi connectivity index (χ2n) is 8.30. The van der Waals surface area contributed by atoms with Crippen molar-refractivity contribution in [3.05, 3.63) is 58.6 Å². The first-order valence-corrected chi connectivity index (χ1v) is 11.7. The van der Waals surface area contributed by atoms with Gasteiger partial charge in [-0.25, -0.2) is 9.59 Å². The van der Waals surface area contributed by atoms with Crippen molar-refractivity contribution in [2.75, 3.05) is 36.0 Å². The number of hydrogen-bond donors (Lipinski definition) is 1. The fourth-order valence-corrected chi connectivity index (χ4v) is 4.46. The van der Waals surface area contributed by atoms with Gasteiger partial charge in [0.05, 0.1) is 30.3 Å². The van der Waals surface area contributed by atoms with Crippen molar-refractivity contribution in [3.63, 3.8) is 0 Å². The van der Waals surface area contributed by atoms with Gasteiger partial charge in [0.15, 0.2) is 5.92 Å². The number of halogens is 4. The van der Waals surface area contributed by atoms with E-state index in [1.165, 1.54) is 15.9 Å². The average molecular weight is 539 g/mol. The fraction of sp³-hybridized carbons (Fsp3) is 0.333. The highest BCUT2D eigenvalue weighted by molar-refractivity contribution is 6.32. The topological polar surface area (TPSA) is 99.3 Å². The molecule has 2 aromatic carbocycles. The van der Waals surface area contributed by atoms with Crippen LogP contribution in [-0.4, -0.2) is 55.1 Å². The van der Waals surface area contributed by atoms with Gasteiger partial charge in [0.2, 0.25) is 5.91 Å². The van der Waals surface area contributed by atoms with E-state index in [4.69, 9.17) is 16.3 Å². The van der Waals surface area contributed by atoms with E-state index in [0.717, 1.165) is 12.1 Å². The largest absolute Gasteiger partial charge is 0.465 e. The number of ether oxygens (including phenoxy) is 1. The predicted octanol–water partition coefficient (Wildman–Crippen LogP) is 4.04. The number of anilines is 2. The minimum Gasteiger partial charge on any atom is -0.465 e. The molecule has 2 aromatic rings. The van der Waals surface area contributed by atoms with Crippen molar-refractivity contribution in [2.24, 2.45) is 5.92 Å². The van der Waals surface area contributed by atoms with E-state index in [2.05, 4.69) is 5.32 Å². The Balaban J connectivity index is 1.67. The number of nitrogens with zero attached hydrogens (tertiary/aromatic N) is 3. The van der Waals surface area contributed by atoms with Crippen LogP contribution < -0.4 is 15.1 Å². The second kappa shape index (κ2) is 10.3. The Labute approximate surface area is 214 Å². The zero-order valence-corrected chi connectivity index (χ0v) is 20.3. The van der Waals surface area contributed by atoms with Gasteiger partial charge in [-0.2, -0.15) is 13.2 Å². The van der Waals surface area contributed by atoms with E-state index in [0.29, 0.717) is 29.4 Å². The molecular weight excluding hydrogens is 517 g/mol. The molecule has 0 radical (unpaired) electrons. The first-order valence-electron chi connectivity index (χ1n) is 11.3. The van der Waals surface area contributed by atoms with E-state index in [9.17, 15) is 32.3 Å². The van der Waals surface area contributed by atoms with Crippen LogP contribution in [0.5, 0.6) is 0 Å². The molecule has 1 atom stereocenters. The lowest BCUT2D eigenvalue weighted by molar-refractivity contribution is -0.154.